The van der Waals surface area contributed by atoms with E-state index in [1.165, 1.54) is 5.69 Å². The van der Waals surface area contributed by atoms with Gasteiger partial charge in [0, 0.05) is 51.0 Å². The lowest BCUT2D eigenvalue weighted by Crippen LogP contribution is -2.50. The highest BCUT2D eigenvalue weighted by Gasteiger charge is 2.21. The molecule has 1 fully saturated rings. The number of nitrogens with zero attached hydrogens (tertiary/aromatic N) is 3. The van der Waals surface area contributed by atoms with Crippen molar-refractivity contribution in [1.82, 2.24) is 14.7 Å². The van der Waals surface area contributed by atoms with Gasteiger partial charge in [0.25, 0.3) is 0 Å². The minimum atomic E-state index is 0.377. The lowest BCUT2D eigenvalue weighted by atomic mass is 10.2. The van der Waals surface area contributed by atoms with Gasteiger partial charge in [-0.3, -0.25) is 9.58 Å². The molecular weight excluding hydrogens is 204 g/mol. The smallest absolute Gasteiger partial charge is 0.0634 e. The molecule has 1 atom stereocenters. The molecule has 5 heteroatoms. The monoisotopic (exact) mass is 224 g/mol. The molecule has 0 aromatic carbocycles. The highest BCUT2D eigenvalue weighted by molar-refractivity contribution is 5.00. The minimum Gasteiger partial charge on any atom is -0.378 e. The van der Waals surface area contributed by atoms with E-state index in [0.717, 1.165) is 32.7 Å². The van der Waals surface area contributed by atoms with Crippen molar-refractivity contribution in [3.05, 3.63) is 18.0 Å². The van der Waals surface area contributed by atoms with Crippen LogP contribution in [0.2, 0.25) is 0 Å². The van der Waals surface area contributed by atoms with Gasteiger partial charge in [-0.05, 0) is 6.07 Å². The molecule has 1 saturated heterocycles. The second-order valence-electron chi connectivity index (χ2n) is 4.20. The van der Waals surface area contributed by atoms with Crippen LogP contribution in [-0.2, 0) is 18.2 Å². The number of rotatable bonds is 4. The van der Waals surface area contributed by atoms with Crippen LogP contribution in [0.5, 0.6) is 0 Å². The molecule has 5 nitrogen and oxygen atoms in total. The third-order valence-corrected chi connectivity index (χ3v) is 3.20. The summed E-state index contributed by atoms with van der Waals surface area (Å²) in [6.45, 7) is 4.28. The van der Waals surface area contributed by atoms with E-state index >= 15 is 0 Å². The van der Waals surface area contributed by atoms with Crippen molar-refractivity contribution >= 4 is 0 Å². The van der Waals surface area contributed by atoms with Crippen LogP contribution in [0.15, 0.2) is 12.3 Å². The standard InChI is InChI=1S/C11H20N4O/c1-14-10(2-4-13-14)3-5-15-6-7-16-9-11(15)8-12/h2,4,11H,3,5-9,12H2,1H3. The van der Waals surface area contributed by atoms with E-state index in [4.69, 9.17) is 10.5 Å². The quantitative estimate of drug-likeness (QED) is 0.757. The topological polar surface area (TPSA) is 56.3 Å². The minimum absolute atomic E-state index is 0.377. The molecule has 90 valence electrons. The number of aryl methyl sites for hydroxylation is 1. The summed E-state index contributed by atoms with van der Waals surface area (Å²) < 4.78 is 7.35. The Morgan fingerprint density at radius 1 is 1.62 bits per heavy atom. The number of hydrogen-bond acceptors (Lipinski definition) is 4. The Kier molecular flexibility index (Phi) is 3.93. The predicted molar refractivity (Wildman–Crippen MR) is 62.1 cm³/mol. The van der Waals surface area contributed by atoms with E-state index in [1.807, 2.05) is 17.9 Å². The van der Waals surface area contributed by atoms with Crippen molar-refractivity contribution in [1.29, 1.82) is 0 Å². The van der Waals surface area contributed by atoms with E-state index < -0.39 is 0 Å². The van der Waals surface area contributed by atoms with Crippen LogP contribution in [-0.4, -0.2) is 53.6 Å². The van der Waals surface area contributed by atoms with Crippen LogP contribution < -0.4 is 5.73 Å². The highest BCUT2D eigenvalue weighted by atomic mass is 16.5. The molecule has 1 aromatic rings. The SMILES string of the molecule is Cn1nccc1CCN1CCOCC1CN. The molecule has 1 aromatic heterocycles. The van der Waals surface area contributed by atoms with Gasteiger partial charge in [0.05, 0.1) is 13.2 Å². The Balaban J connectivity index is 1.86. The molecular formula is C11H20N4O. The summed E-state index contributed by atoms with van der Waals surface area (Å²) in [5, 5.41) is 4.17. The average molecular weight is 224 g/mol. The Morgan fingerprint density at radius 3 is 3.19 bits per heavy atom. The van der Waals surface area contributed by atoms with E-state index in [0.29, 0.717) is 12.6 Å². The maximum absolute atomic E-state index is 5.73. The lowest BCUT2D eigenvalue weighted by Gasteiger charge is -2.34. The Hall–Kier alpha value is -0.910. The van der Waals surface area contributed by atoms with Crippen molar-refractivity contribution < 1.29 is 4.74 Å². The molecule has 1 unspecified atom stereocenters. The second-order valence-corrected chi connectivity index (χ2v) is 4.20. The first-order valence-electron chi connectivity index (χ1n) is 5.80. The Labute approximate surface area is 96.2 Å². The van der Waals surface area contributed by atoms with Crippen molar-refractivity contribution in [3.8, 4) is 0 Å². The molecule has 2 rings (SSSR count). The van der Waals surface area contributed by atoms with Crippen molar-refractivity contribution in [3.63, 3.8) is 0 Å². The number of hydrogen-bond donors (Lipinski definition) is 1. The summed E-state index contributed by atoms with van der Waals surface area (Å²) >= 11 is 0. The van der Waals surface area contributed by atoms with Gasteiger partial charge in [0.2, 0.25) is 0 Å². The van der Waals surface area contributed by atoms with Crippen LogP contribution in [0.3, 0.4) is 0 Å². The van der Waals surface area contributed by atoms with Crippen LogP contribution in [0.1, 0.15) is 5.69 Å². The molecule has 2 N–H and O–H groups in total. The number of aromatic nitrogens is 2. The molecule has 0 aliphatic carbocycles. The van der Waals surface area contributed by atoms with Crippen LogP contribution in [0, 0.1) is 0 Å². The summed E-state index contributed by atoms with van der Waals surface area (Å²) in [6, 6.07) is 2.44. The zero-order chi connectivity index (χ0) is 11.4. The Bertz CT molecular complexity index is 326. The highest BCUT2D eigenvalue weighted by Crippen LogP contribution is 2.07. The van der Waals surface area contributed by atoms with E-state index in [2.05, 4.69) is 16.1 Å². The van der Waals surface area contributed by atoms with Gasteiger partial charge >= 0.3 is 0 Å². The normalized spacial score (nSPS) is 22.5. The van der Waals surface area contributed by atoms with Crippen molar-refractivity contribution in [2.24, 2.45) is 12.8 Å². The number of nitrogens with two attached hydrogens (primary N) is 1. The molecule has 0 radical (unpaired) electrons. The maximum atomic E-state index is 5.73. The molecule has 0 amide bonds. The average Bonchev–Trinajstić information content (AvgIpc) is 2.72. The predicted octanol–water partition coefficient (Wildman–Crippen LogP) is -0.378. The molecule has 16 heavy (non-hydrogen) atoms. The van der Waals surface area contributed by atoms with Gasteiger partial charge in [0.15, 0.2) is 0 Å². The van der Waals surface area contributed by atoms with Gasteiger partial charge < -0.3 is 10.5 Å². The van der Waals surface area contributed by atoms with Crippen LogP contribution in [0.4, 0.5) is 0 Å². The molecule has 2 heterocycles. The van der Waals surface area contributed by atoms with Gasteiger partial charge in [0.1, 0.15) is 0 Å². The molecule has 1 aliphatic heterocycles. The van der Waals surface area contributed by atoms with E-state index in [9.17, 15) is 0 Å². The largest absolute Gasteiger partial charge is 0.378 e. The summed E-state index contributed by atoms with van der Waals surface area (Å²) in [5.41, 5.74) is 7.00. The third kappa shape index (κ3) is 2.61. The number of ether oxygens (including phenoxy) is 1. The molecule has 0 spiro atoms. The van der Waals surface area contributed by atoms with E-state index in [-0.39, 0.29) is 0 Å². The van der Waals surface area contributed by atoms with Crippen molar-refractivity contribution in [2.75, 3.05) is 32.8 Å². The lowest BCUT2D eigenvalue weighted by molar-refractivity contribution is -0.00338. The first-order valence-corrected chi connectivity index (χ1v) is 5.80. The maximum Gasteiger partial charge on any atom is 0.0634 e. The van der Waals surface area contributed by atoms with Gasteiger partial charge in [-0.2, -0.15) is 5.10 Å². The first-order chi connectivity index (χ1) is 7.81. The van der Waals surface area contributed by atoms with Crippen molar-refractivity contribution in [2.45, 2.75) is 12.5 Å². The zero-order valence-corrected chi connectivity index (χ0v) is 9.80. The molecule has 0 saturated carbocycles. The third-order valence-electron chi connectivity index (χ3n) is 3.20. The summed E-state index contributed by atoms with van der Waals surface area (Å²) in [4.78, 5) is 2.41. The zero-order valence-electron chi connectivity index (χ0n) is 9.80. The van der Waals surface area contributed by atoms with Gasteiger partial charge in [-0.25, -0.2) is 0 Å². The van der Waals surface area contributed by atoms with E-state index in [1.54, 1.807) is 0 Å². The first kappa shape index (κ1) is 11.6. The number of morpholine rings is 1. The fourth-order valence-electron chi connectivity index (χ4n) is 2.11. The van der Waals surface area contributed by atoms with Crippen LogP contribution in [0.25, 0.3) is 0 Å². The Morgan fingerprint density at radius 2 is 2.50 bits per heavy atom. The van der Waals surface area contributed by atoms with Crippen LogP contribution >= 0.6 is 0 Å². The summed E-state index contributed by atoms with van der Waals surface area (Å²) in [6.07, 6.45) is 2.86. The fraction of sp³-hybridized carbons (Fsp3) is 0.727. The van der Waals surface area contributed by atoms with Gasteiger partial charge in [-0.1, -0.05) is 0 Å². The summed E-state index contributed by atoms with van der Waals surface area (Å²) in [5.74, 6) is 0. The molecule has 1 aliphatic rings. The fourth-order valence-corrected chi connectivity index (χ4v) is 2.11. The second kappa shape index (κ2) is 5.43. The summed E-state index contributed by atoms with van der Waals surface area (Å²) in [7, 11) is 1.98. The van der Waals surface area contributed by atoms with Gasteiger partial charge in [-0.15, -0.1) is 0 Å². The molecule has 0 bridgehead atoms.